The van der Waals surface area contributed by atoms with Gasteiger partial charge in [-0.15, -0.1) is 0 Å². The third-order valence-electron chi connectivity index (χ3n) is 5.17. The first-order valence-electron chi connectivity index (χ1n) is 9.05. The summed E-state index contributed by atoms with van der Waals surface area (Å²) in [5.41, 5.74) is 3.42. The topological polar surface area (TPSA) is 40.5 Å². The van der Waals surface area contributed by atoms with Crippen LogP contribution in [0.2, 0.25) is 0 Å². The van der Waals surface area contributed by atoms with Crippen molar-refractivity contribution >= 4 is 28.0 Å². The number of pyridine rings is 1. The lowest BCUT2D eigenvalue weighted by Crippen LogP contribution is -2.20. The first-order valence-corrected chi connectivity index (χ1v) is 9.05. The summed E-state index contributed by atoms with van der Waals surface area (Å²) >= 11 is 0. The minimum absolute atomic E-state index is 0.370. The Labute approximate surface area is 155 Å². The number of aromatic nitrogens is 1. The highest BCUT2D eigenvalue weighted by atomic mass is 19.1. The molecule has 0 bridgehead atoms. The molecule has 2 aliphatic heterocycles. The maximum atomic E-state index is 13.6. The summed E-state index contributed by atoms with van der Waals surface area (Å²) in [5, 5.41) is 5.44. The average Bonchev–Trinajstić information content (AvgIpc) is 3.27. The van der Waals surface area contributed by atoms with E-state index in [0.717, 1.165) is 34.4 Å². The lowest BCUT2D eigenvalue weighted by Gasteiger charge is -2.20. The Morgan fingerprint density at radius 3 is 2.93 bits per heavy atom. The van der Waals surface area contributed by atoms with Gasteiger partial charge in [0, 0.05) is 35.4 Å². The van der Waals surface area contributed by atoms with Crippen LogP contribution in [0.5, 0.6) is 0 Å². The molecule has 0 saturated carbocycles. The molecule has 0 radical (unpaired) electrons. The number of rotatable bonds is 2. The van der Waals surface area contributed by atoms with Crippen LogP contribution in [0.1, 0.15) is 17.7 Å². The third-order valence-corrected chi connectivity index (χ3v) is 5.17. The monoisotopic (exact) mass is 364 g/mol. The molecule has 4 nitrogen and oxygen atoms in total. The molecule has 1 atom stereocenters. The quantitative estimate of drug-likeness (QED) is 0.737. The molecule has 136 valence electrons. The van der Waals surface area contributed by atoms with Gasteiger partial charge >= 0.3 is 0 Å². The summed E-state index contributed by atoms with van der Waals surface area (Å²) in [6.07, 6.45) is 1.05. The van der Waals surface area contributed by atoms with E-state index in [0.29, 0.717) is 30.9 Å². The minimum Gasteiger partial charge on any atom is -0.368 e. The summed E-state index contributed by atoms with van der Waals surface area (Å²) in [4.78, 5) is 10.6. The van der Waals surface area contributed by atoms with E-state index < -0.39 is 6.17 Å². The van der Waals surface area contributed by atoms with Crippen molar-refractivity contribution in [2.75, 3.05) is 23.3 Å². The highest BCUT2D eigenvalue weighted by Crippen LogP contribution is 2.32. The highest BCUT2D eigenvalue weighted by Gasteiger charge is 2.23. The largest absolute Gasteiger partial charge is 0.368 e. The normalized spacial score (nSPS) is 18.7. The number of aliphatic imine (C=N–C) groups is 1. The molecule has 27 heavy (non-hydrogen) atoms. The Morgan fingerprint density at radius 1 is 1.15 bits per heavy atom. The number of nitrogens with one attached hydrogen (secondary N) is 1. The molecule has 0 aliphatic carbocycles. The molecule has 3 aromatic rings. The molecule has 1 saturated heterocycles. The van der Waals surface area contributed by atoms with E-state index in [9.17, 15) is 8.78 Å². The summed E-state index contributed by atoms with van der Waals surface area (Å²) in [7, 11) is 0. The fourth-order valence-corrected chi connectivity index (χ4v) is 3.84. The Hall–Kier alpha value is -3.02. The predicted molar refractivity (Wildman–Crippen MR) is 104 cm³/mol. The number of halogens is 2. The van der Waals surface area contributed by atoms with Crippen molar-refractivity contribution < 1.29 is 8.78 Å². The molecular weight excluding hydrogens is 346 g/mol. The van der Waals surface area contributed by atoms with Gasteiger partial charge in [0.15, 0.2) is 0 Å². The van der Waals surface area contributed by atoms with Gasteiger partial charge in [0.2, 0.25) is 0 Å². The molecule has 2 aliphatic rings. The van der Waals surface area contributed by atoms with Crippen LogP contribution in [0, 0.1) is 5.82 Å². The zero-order valence-corrected chi connectivity index (χ0v) is 14.6. The van der Waals surface area contributed by atoms with Crippen LogP contribution in [-0.4, -0.2) is 30.1 Å². The number of fused-ring (bicyclic) bond motifs is 2. The van der Waals surface area contributed by atoms with Crippen LogP contribution >= 0.6 is 0 Å². The smallest absolute Gasteiger partial charge is 0.142 e. The van der Waals surface area contributed by atoms with Crippen molar-refractivity contribution in [3.05, 3.63) is 65.7 Å². The second-order valence-corrected chi connectivity index (χ2v) is 6.98. The van der Waals surface area contributed by atoms with E-state index in [1.165, 1.54) is 12.3 Å². The van der Waals surface area contributed by atoms with E-state index >= 15 is 0 Å². The fraction of sp³-hybridized carbons (Fsp3) is 0.238. The molecule has 0 spiro atoms. The van der Waals surface area contributed by atoms with Gasteiger partial charge in [-0.1, -0.05) is 18.2 Å². The molecule has 3 heterocycles. The van der Waals surface area contributed by atoms with Gasteiger partial charge < -0.3 is 10.2 Å². The van der Waals surface area contributed by atoms with E-state index in [1.807, 2.05) is 36.4 Å². The van der Waals surface area contributed by atoms with Crippen molar-refractivity contribution in [2.45, 2.75) is 19.1 Å². The standard InChI is InChI=1S/C21H18F2N4/c22-14-6-7-27(12-14)20-3-1-2-13-8-16(4-5-17(13)20)26-21-18-9-15(23)10-24-19(18)11-25-21/h1-5,8-10,14H,6-7,11-12H2,(H,25,26)/t14-/m1/s1. The molecule has 1 fully saturated rings. The Kier molecular flexibility index (Phi) is 3.77. The zero-order chi connectivity index (χ0) is 18.4. The van der Waals surface area contributed by atoms with Crippen LogP contribution < -0.4 is 10.2 Å². The van der Waals surface area contributed by atoms with E-state index in [4.69, 9.17) is 0 Å². The molecule has 1 aromatic heterocycles. The van der Waals surface area contributed by atoms with Gasteiger partial charge in [-0.2, -0.15) is 0 Å². The summed E-state index contributed by atoms with van der Waals surface area (Å²) in [5.74, 6) is 0.261. The minimum atomic E-state index is -0.754. The Balaban J connectivity index is 1.46. The summed E-state index contributed by atoms with van der Waals surface area (Å²) < 4.78 is 27.1. The lowest BCUT2D eigenvalue weighted by atomic mass is 10.1. The molecule has 5 rings (SSSR count). The first kappa shape index (κ1) is 16.2. The molecule has 0 amide bonds. The van der Waals surface area contributed by atoms with E-state index in [2.05, 4.69) is 20.2 Å². The number of benzene rings is 2. The molecule has 2 aromatic carbocycles. The number of hydrogen-bond acceptors (Lipinski definition) is 4. The van der Waals surface area contributed by atoms with Crippen LogP contribution in [0.15, 0.2) is 53.7 Å². The average molecular weight is 364 g/mol. The highest BCUT2D eigenvalue weighted by molar-refractivity contribution is 6.11. The van der Waals surface area contributed by atoms with Crippen LogP contribution in [0.25, 0.3) is 10.8 Å². The van der Waals surface area contributed by atoms with Crippen molar-refractivity contribution in [3.8, 4) is 0 Å². The number of hydrogen-bond donors (Lipinski definition) is 1. The maximum absolute atomic E-state index is 13.6. The SMILES string of the molecule is Fc1cnc2c(c1)C(Nc1ccc3c(N4CC[C@@H](F)C4)cccc3c1)=NC2. The third kappa shape index (κ3) is 2.91. The maximum Gasteiger partial charge on any atom is 0.142 e. The summed E-state index contributed by atoms with van der Waals surface area (Å²) in [6.45, 7) is 1.65. The van der Waals surface area contributed by atoms with Gasteiger partial charge in [-0.05, 0) is 36.1 Å². The number of amidine groups is 1. The van der Waals surface area contributed by atoms with Gasteiger partial charge in [0.1, 0.15) is 17.8 Å². The summed E-state index contributed by atoms with van der Waals surface area (Å²) in [6, 6.07) is 13.6. The number of nitrogens with zero attached hydrogens (tertiary/aromatic N) is 3. The van der Waals surface area contributed by atoms with Crippen LogP contribution in [0.4, 0.5) is 20.2 Å². The molecular formula is C21H18F2N4. The van der Waals surface area contributed by atoms with Gasteiger partial charge in [0.05, 0.1) is 18.4 Å². The Morgan fingerprint density at radius 2 is 2.07 bits per heavy atom. The zero-order valence-electron chi connectivity index (χ0n) is 14.6. The van der Waals surface area contributed by atoms with Crippen LogP contribution in [0.3, 0.4) is 0 Å². The molecule has 6 heteroatoms. The van der Waals surface area contributed by atoms with Gasteiger partial charge in [-0.25, -0.2) is 8.78 Å². The van der Waals surface area contributed by atoms with Gasteiger partial charge in [-0.3, -0.25) is 9.98 Å². The van der Waals surface area contributed by atoms with E-state index in [1.54, 1.807) is 0 Å². The lowest BCUT2D eigenvalue weighted by molar-refractivity contribution is 0.364. The van der Waals surface area contributed by atoms with Crippen molar-refractivity contribution in [3.63, 3.8) is 0 Å². The van der Waals surface area contributed by atoms with Crippen molar-refractivity contribution in [1.29, 1.82) is 0 Å². The predicted octanol–water partition coefficient (Wildman–Crippen LogP) is 4.29. The second-order valence-electron chi connectivity index (χ2n) is 6.98. The first-order chi connectivity index (χ1) is 13.2. The van der Waals surface area contributed by atoms with Crippen molar-refractivity contribution in [1.82, 2.24) is 4.98 Å². The van der Waals surface area contributed by atoms with Crippen LogP contribution in [-0.2, 0) is 6.54 Å². The van der Waals surface area contributed by atoms with E-state index in [-0.39, 0.29) is 5.82 Å². The Bertz CT molecular complexity index is 1060. The second kappa shape index (κ2) is 6.30. The molecule has 1 N–H and O–H groups in total. The van der Waals surface area contributed by atoms with Crippen molar-refractivity contribution in [2.24, 2.45) is 4.99 Å². The number of alkyl halides is 1. The van der Waals surface area contributed by atoms with Gasteiger partial charge in [0.25, 0.3) is 0 Å². The number of anilines is 2. The fourth-order valence-electron chi connectivity index (χ4n) is 3.84. The molecule has 0 unspecified atom stereocenters.